The van der Waals surface area contributed by atoms with Crippen molar-refractivity contribution >= 4 is 11.7 Å². The van der Waals surface area contributed by atoms with Crippen LogP contribution >= 0.6 is 0 Å². The first-order valence-electron chi connectivity index (χ1n) is 6.82. The zero-order chi connectivity index (χ0) is 13.8. The molecule has 0 atom stereocenters. The van der Waals surface area contributed by atoms with Gasteiger partial charge in [0.05, 0.1) is 12.7 Å². The predicted octanol–water partition coefficient (Wildman–Crippen LogP) is 2.46. The fourth-order valence-corrected chi connectivity index (χ4v) is 2.61. The summed E-state index contributed by atoms with van der Waals surface area (Å²) >= 11 is 0. The molecule has 0 amide bonds. The minimum absolute atomic E-state index is 0.285. The number of hydrogen-bond donors (Lipinski definition) is 2. The first kappa shape index (κ1) is 13.9. The molecule has 1 aliphatic carbocycles. The molecule has 1 aliphatic rings. The highest BCUT2D eigenvalue weighted by atomic mass is 16.5. The lowest BCUT2D eigenvalue weighted by Crippen LogP contribution is -2.33. The number of nitrogens with one attached hydrogen (secondary N) is 1. The number of carbonyl (C=O) groups excluding carboxylic acids is 1. The summed E-state index contributed by atoms with van der Waals surface area (Å²) in [5, 5.41) is 3.53. The molecule has 0 unspecified atom stereocenters. The summed E-state index contributed by atoms with van der Waals surface area (Å²) in [5.41, 5.74) is 8.50. The van der Waals surface area contributed by atoms with Gasteiger partial charge in [-0.1, -0.05) is 6.07 Å². The van der Waals surface area contributed by atoms with Crippen LogP contribution in [0.1, 0.15) is 41.6 Å². The maximum absolute atomic E-state index is 11.7. The fourth-order valence-electron chi connectivity index (χ4n) is 2.61. The van der Waals surface area contributed by atoms with Crippen molar-refractivity contribution in [1.29, 1.82) is 0 Å². The van der Waals surface area contributed by atoms with Crippen molar-refractivity contribution in [3.05, 3.63) is 29.3 Å². The topological polar surface area (TPSA) is 64.3 Å². The third-order valence-electron chi connectivity index (χ3n) is 3.87. The van der Waals surface area contributed by atoms with E-state index in [1.165, 1.54) is 7.11 Å². The van der Waals surface area contributed by atoms with E-state index in [4.69, 9.17) is 10.5 Å². The molecule has 0 heterocycles. The Morgan fingerprint density at radius 3 is 2.63 bits per heavy atom. The Kier molecular flexibility index (Phi) is 4.43. The Bertz CT molecular complexity index is 451. The molecule has 0 bridgehead atoms. The van der Waals surface area contributed by atoms with Gasteiger partial charge in [-0.3, -0.25) is 0 Å². The monoisotopic (exact) mass is 262 g/mol. The van der Waals surface area contributed by atoms with Crippen molar-refractivity contribution in [2.45, 2.75) is 44.7 Å². The number of esters is 1. The Balaban J connectivity index is 2.10. The smallest absolute Gasteiger partial charge is 0.338 e. The van der Waals surface area contributed by atoms with E-state index in [2.05, 4.69) is 5.32 Å². The highest BCUT2D eigenvalue weighted by Gasteiger charge is 2.19. The number of methoxy groups -OCH3 is 1. The van der Waals surface area contributed by atoms with Crippen LogP contribution in [0.15, 0.2) is 18.2 Å². The number of carbonyl (C=O) groups is 1. The zero-order valence-electron chi connectivity index (χ0n) is 11.6. The van der Waals surface area contributed by atoms with E-state index in [9.17, 15) is 4.79 Å². The summed E-state index contributed by atoms with van der Waals surface area (Å²) in [5.74, 6) is -0.285. The minimum atomic E-state index is -0.285. The highest BCUT2D eigenvalue weighted by Crippen LogP contribution is 2.25. The van der Waals surface area contributed by atoms with Crippen LogP contribution < -0.4 is 11.1 Å². The van der Waals surface area contributed by atoms with Crippen LogP contribution in [0.4, 0.5) is 5.69 Å². The van der Waals surface area contributed by atoms with Crippen LogP contribution in [0.5, 0.6) is 0 Å². The summed E-state index contributed by atoms with van der Waals surface area (Å²) in [6, 6.07) is 6.49. The van der Waals surface area contributed by atoms with Gasteiger partial charge in [-0.15, -0.1) is 0 Å². The number of rotatable bonds is 3. The van der Waals surface area contributed by atoms with Gasteiger partial charge in [-0.2, -0.15) is 0 Å². The third kappa shape index (κ3) is 3.26. The molecule has 0 spiro atoms. The first-order chi connectivity index (χ1) is 9.11. The lowest BCUT2D eigenvalue weighted by molar-refractivity contribution is 0.0600. The van der Waals surface area contributed by atoms with Gasteiger partial charge < -0.3 is 15.8 Å². The van der Waals surface area contributed by atoms with E-state index >= 15 is 0 Å². The lowest BCUT2D eigenvalue weighted by atomic mass is 9.91. The van der Waals surface area contributed by atoms with Gasteiger partial charge in [-0.05, 0) is 50.3 Å². The van der Waals surface area contributed by atoms with Gasteiger partial charge in [0.15, 0.2) is 0 Å². The van der Waals surface area contributed by atoms with Crippen LogP contribution in [0.2, 0.25) is 0 Å². The zero-order valence-corrected chi connectivity index (χ0v) is 11.6. The molecule has 0 saturated heterocycles. The quantitative estimate of drug-likeness (QED) is 0.821. The maximum Gasteiger partial charge on any atom is 0.338 e. The Morgan fingerprint density at radius 1 is 1.32 bits per heavy atom. The normalized spacial score (nSPS) is 22.9. The summed E-state index contributed by atoms with van der Waals surface area (Å²) in [6.07, 6.45) is 4.30. The number of ether oxygens (including phenoxy) is 1. The molecule has 1 aromatic carbocycles. The number of anilines is 1. The second-order valence-corrected chi connectivity index (χ2v) is 5.23. The molecule has 1 fully saturated rings. The third-order valence-corrected chi connectivity index (χ3v) is 3.87. The van der Waals surface area contributed by atoms with E-state index in [1.807, 2.05) is 19.1 Å². The van der Waals surface area contributed by atoms with Crippen LogP contribution in [0, 0.1) is 6.92 Å². The molecule has 1 saturated carbocycles. The van der Waals surface area contributed by atoms with Crippen LogP contribution in [0.25, 0.3) is 0 Å². The van der Waals surface area contributed by atoms with Crippen molar-refractivity contribution in [3.63, 3.8) is 0 Å². The fraction of sp³-hybridized carbons (Fsp3) is 0.533. The average molecular weight is 262 g/mol. The molecule has 4 nitrogen and oxygen atoms in total. The minimum Gasteiger partial charge on any atom is -0.465 e. The standard InChI is InChI=1S/C15H22N2O2/c1-10-13(15(18)19-2)4-3-5-14(10)17-12-8-6-11(16)7-9-12/h3-5,11-12,17H,6-9,16H2,1-2H3. The van der Waals surface area contributed by atoms with Gasteiger partial charge in [0, 0.05) is 17.8 Å². The Labute approximate surface area is 114 Å². The van der Waals surface area contributed by atoms with Crippen molar-refractivity contribution in [2.75, 3.05) is 12.4 Å². The van der Waals surface area contributed by atoms with Gasteiger partial charge in [0.25, 0.3) is 0 Å². The molecule has 19 heavy (non-hydrogen) atoms. The number of benzene rings is 1. The molecular formula is C15H22N2O2. The summed E-state index contributed by atoms with van der Waals surface area (Å²) in [7, 11) is 1.41. The van der Waals surface area contributed by atoms with Crippen LogP contribution in [0.3, 0.4) is 0 Å². The first-order valence-corrected chi connectivity index (χ1v) is 6.82. The average Bonchev–Trinajstić information content (AvgIpc) is 2.43. The molecule has 1 aromatic rings. The summed E-state index contributed by atoms with van der Waals surface area (Å²) < 4.78 is 4.79. The van der Waals surface area contributed by atoms with E-state index in [-0.39, 0.29) is 5.97 Å². The van der Waals surface area contributed by atoms with Crippen LogP contribution in [-0.4, -0.2) is 25.2 Å². The SMILES string of the molecule is COC(=O)c1cccc(NC2CCC(N)CC2)c1C. The molecule has 2 rings (SSSR count). The molecule has 104 valence electrons. The van der Waals surface area contributed by atoms with E-state index in [0.29, 0.717) is 17.6 Å². The Morgan fingerprint density at radius 2 is 2.00 bits per heavy atom. The summed E-state index contributed by atoms with van der Waals surface area (Å²) in [4.78, 5) is 11.7. The molecule has 0 aromatic heterocycles. The van der Waals surface area contributed by atoms with Crippen molar-refractivity contribution in [2.24, 2.45) is 5.73 Å². The van der Waals surface area contributed by atoms with Crippen LogP contribution in [-0.2, 0) is 4.74 Å². The number of hydrogen-bond acceptors (Lipinski definition) is 4. The predicted molar refractivity (Wildman–Crippen MR) is 76.4 cm³/mol. The molecule has 0 radical (unpaired) electrons. The van der Waals surface area contributed by atoms with Crippen molar-refractivity contribution < 1.29 is 9.53 Å². The largest absolute Gasteiger partial charge is 0.465 e. The Hall–Kier alpha value is -1.55. The van der Waals surface area contributed by atoms with E-state index in [0.717, 1.165) is 36.9 Å². The molecule has 3 N–H and O–H groups in total. The second kappa shape index (κ2) is 6.06. The van der Waals surface area contributed by atoms with Gasteiger partial charge in [0.1, 0.15) is 0 Å². The van der Waals surface area contributed by atoms with Crippen molar-refractivity contribution in [1.82, 2.24) is 0 Å². The molecule has 0 aliphatic heterocycles. The van der Waals surface area contributed by atoms with E-state index < -0.39 is 0 Å². The number of nitrogens with two attached hydrogens (primary N) is 1. The maximum atomic E-state index is 11.7. The summed E-state index contributed by atoms with van der Waals surface area (Å²) in [6.45, 7) is 1.95. The second-order valence-electron chi connectivity index (χ2n) is 5.23. The van der Waals surface area contributed by atoms with Gasteiger partial charge in [0.2, 0.25) is 0 Å². The van der Waals surface area contributed by atoms with E-state index in [1.54, 1.807) is 6.07 Å². The van der Waals surface area contributed by atoms with Gasteiger partial charge >= 0.3 is 5.97 Å². The molecule has 4 heteroatoms. The lowest BCUT2D eigenvalue weighted by Gasteiger charge is -2.28. The van der Waals surface area contributed by atoms with Crippen molar-refractivity contribution in [3.8, 4) is 0 Å². The van der Waals surface area contributed by atoms with Gasteiger partial charge in [-0.25, -0.2) is 4.79 Å². The molecular weight excluding hydrogens is 240 g/mol. The highest BCUT2D eigenvalue weighted by molar-refractivity contribution is 5.92.